The smallest absolute Gasteiger partial charge is 0.329 e. The summed E-state index contributed by atoms with van der Waals surface area (Å²) in [5, 5.41) is 12.2. The molecule has 2 saturated heterocycles. The number of ether oxygens (including phenoxy) is 6. The number of carbonyl (C=O) groups is 4. The molecule has 0 aromatic rings. The molecule has 4 aliphatic rings. The predicted octanol–water partition coefficient (Wildman–Crippen LogP) is 10.5. The van der Waals surface area contributed by atoms with E-state index >= 15 is 4.79 Å². The van der Waals surface area contributed by atoms with E-state index in [1.54, 1.807) is 28.3 Å². The van der Waals surface area contributed by atoms with Crippen LogP contribution in [0.2, 0.25) is 36.3 Å². The number of amides is 1. The maximum Gasteiger partial charge on any atom is 0.329 e. The van der Waals surface area contributed by atoms with E-state index in [-0.39, 0.29) is 65.1 Å². The fourth-order valence-electron chi connectivity index (χ4n) is 11.0. The Labute approximate surface area is 437 Å². The third-order valence-electron chi connectivity index (χ3n) is 17.7. The van der Waals surface area contributed by atoms with Gasteiger partial charge in [-0.1, -0.05) is 87.0 Å². The summed E-state index contributed by atoms with van der Waals surface area (Å²) in [6, 6.07) is -1.24. The average molecular weight is 1050 g/mol. The van der Waals surface area contributed by atoms with Crippen molar-refractivity contribution in [2.75, 3.05) is 28.4 Å². The van der Waals surface area contributed by atoms with Crippen LogP contribution in [0, 0.1) is 29.6 Å². The molecule has 1 amide bonds. The van der Waals surface area contributed by atoms with Gasteiger partial charge in [-0.3, -0.25) is 19.3 Å². The summed E-state index contributed by atoms with van der Waals surface area (Å²) in [6.07, 6.45) is 4.86. The van der Waals surface area contributed by atoms with E-state index in [4.69, 9.17) is 37.3 Å². The van der Waals surface area contributed by atoms with Crippen LogP contribution in [-0.2, 0) is 56.5 Å². The van der Waals surface area contributed by atoms with Crippen molar-refractivity contribution in [3.05, 3.63) is 23.3 Å². The Morgan fingerprint density at radius 3 is 1.89 bits per heavy atom. The molecule has 15 atom stereocenters. The van der Waals surface area contributed by atoms with E-state index < -0.39 is 94.7 Å². The Bertz CT molecular complexity index is 1910. The zero-order chi connectivity index (χ0) is 54.5. The first-order valence-electron chi connectivity index (χ1n) is 27.1. The Morgan fingerprint density at radius 2 is 1.35 bits per heavy atom. The molecular formula is C56H99NO13Si2. The number of Topliss-reactive ketones (excluding diaryl/α,β-unsaturated/α-hetero) is 2. The fourth-order valence-corrected chi connectivity index (χ4v) is 13.8. The SMILES string of the molecule is CC[C@@H]1/C=C(\C)C[C@H](C)CC(OC)[C@H]2O[C@@](O)(C(=O)C(=O)N3[C@@H](OC)CCC[C@H]3C(=O)O[C@H](/C(C)=C/[C@@H]3CC[C@@H](O[Si](C)(C)C(C)(C)C)[C@H](OC)C3)[C@H](C)[C@@H](O[Si](C)(C)C(C)(C)C)CC1=O)[C@H](C)C[C@@H]2OC. The van der Waals surface area contributed by atoms with E-state index in [2.05, 4.69) is 86.8 Å². The number of esters is 1. The predicted molar refractivity (Wildman–Crippen MR) is 286 cm³/mol. The highest BCUT2D eigenvalue weighted by Gasteiger charge is 2.58. The molecule has 3 fully saturated rings. The van der Waals surface area contributed by atoms with Crippen molar-refractivity contribution < 1.29 is 61.6 Å². The Morgan fingerprint density at radius 1 is 0.778 bits per heavy atom. The summed E-state index contributed by atoms with van der Waals surface area (Å²) in [6.45, 7) is 33.9. The molecule has 3 aliphatic heterocycles. The molecule has 72 heavy (non-hydrogen) atoms. The topological polar surface area (TPSA) is 166 Å². The molecule has 414 valence electrons. The molecule has 3 heterocycles. The second-order valence-corrected chi connectivity index (χ2v) is 34.7. The fraction of sp³-hybridized carbons (Fsp3) is 0.857. The first-order valence-corrected chi connectivity index (χ1v) is 33.0. The number of allylic oxidation sites excluding steroid dienone is 3. The summed E-state index contributed by atoms with van der Waals surface area (Å²) in [5.41, 5.74) is 1.84. The summed E-state index contributed by atoms with van der Waals surface area (Å²) < 4.78 is 51.4. The second kappa shape index (κ2) is 25.4. The molecule has 1 saturated carbocycles. The Kier molecular flexibility index (Phi) is 22.0. The highest BCUT2D eigenvalue weighted by atomic mass is 28.4. The molecule has 0 aromatic carbocycles. The number of ketones is 2. The van der Waals surface area contributed by atoms with Gasteiger partial charge in [0.2, 0.25) is 5.79 Å². The van der Waals surface area contributed by atoms with Gasteiger partial charge in [0.15, 0.2) is 16.6 Å². The van der Waals surface area contributed by atoms with Gasteiger partial charge in [0.1, 0.15) is 30.3 Å². The van der Waals surface area contributed by atoms with E-state index in [1.165, 1.54) is 7.11 Å². The minimum atomic E-state index is -2.57. The molecule has 14 nitrogen and oxygen atoms in total. The largest absolute Gasteiger partial charge is 0.456 e. The van der Waals surface area contributed by atoms with Gasteiger partial charge in [-0.25, -0.2) is 4.79 Å². The van der Waals surface area contributed by atoms with Gasteiger partial charge in [-0.15, -0.1) is 0 Å². The van der Waals surface area contributed by atoms with Gasteiger partial charge < -0.3 is 42.4 Å². The zero-order valence-electron chi connectivity index (χ0n) is 48.3. The number of cyclic esters (lactones) is 1. The van der Waals surface area contributed by atoms with Crippen molar-refractivity contribution >= 4 is 40.1 Å². The molecule has 1 aliphatic carbocycles. The first-order chi connectivity index (χ1) is 33.3. The lowest BCUT2D eigenvalue weighted by atomic mass is 9.81. The van der Waals surface area contributed by atoms with Crippen LogP contribution in [0.5, 0.6) is 0 Å². The van der Waals surface area contributed by atoms with Gasteiger partial charge >= 0.3 is 5.97 Å². The number of nitrogens with zero attached hydrogens (tertiary/aromatic N) is 1. The van der Waals surface area contributed by atoms with E-state index in [9.17, 15) is 19.5 Å². The maximum atomic E-state index is 15.2. The highest BCUT2D eigenvalue weighted by molar-refractivity contribution is 6.74. The van der Waals surface area contributed by atoms with Crippen molar-refractivity contribution in [3.63, 3.8) is 0 Å². The van der Waals surface area contributed by atoms with Crippen LogP contribution >= 0.6 is 0 Å². The Hall–Kier alpha value is -2.13. The molecule has 4 rings (SSSR count). The van der Waals surface area contributed by atoms with Crippen molar-refractivity contribution in [2.24, 2.45) is 29.6 Å². The maximum absolute atomic E-state index is 15.2. The third kappa shape index (κ3) is 14.7. The molecule has 1 unspecified atom stereocenters. The van der Waals surface area contributed by atoms with Crippen molar-refractivity contribution in [2.45, 2.75) is 251 Å². The van der Waals surface area contributed by atoms with Gasteiger partial charge in [0.25, 0.3) is 11.7 Å². The van der Waals surface area contributed by atoms with Crippen LogP contribution in [0.4, 0.5) is 0 Å². The number of methoxy groups -OCH3 is 4. The number of fused-ring (bicyclic) bond motifs is 3. The van der Waals surface area contributed by atoms with E-state index in [0.717, 1.165) is 28.9 Å². The van der Waals surface area contributed by atoms with Crippen molar-refractivity contribution in [1.82, 2.24) is 4.90 Å². The molecule has 0 radical (unpaired) electrons. The highest BCUT2D eigenvalue weighted by Crippen LogP contribution is 2.44. The minimum Gasteiger partial charge on any atom is -0.456 e. The standard InChI is InChI=1S/C56H99NO13Si2/c1-21-40-28-34(2)27-35(3)29-46(64-14)50-47(65-15)31-37(5)56(62,68-50)51(59)52(60)57-41(23-22-24-48(57)66-16)53(61)67-49(38(6)44(33-42(40)58)70-72(19,20)55(10,11)12)36(4)30-39-25-26-43(45(32-39)63-13)69-71(17,18)54(7,8)9/h28,30,35,37-41,43-50,62H,21-27,29,31-33H2,1-20H3/b34-28+,36-30+/t35-,37+,38+,39-,40+,41-,43+,44-,45+,46?,47-,48-,49+,50+,56+/m0/s1. The summed E-state index contributed by atoms with van der Waals surface area (Å²) >= 11 is 0. The molecule has 1 N–H and O–H groups in total. The number of hydrogen-bond donors (Lipinski definition) is 1. The number of piperidine rings is 1. The van der Waals surface area contributed by atoms with Crippen LogP contribution < -0.4 is 0 Å². The van der Waals surface area contributed by atoms with Crippen LogP contribution in [0.15, 0.2) is 23.3 Å². The molecule has 0 aromatic heterocycles. The molecule has 0 spiro atoms. The normalized spacial score (nSPS) is 37.0. The molecule has 16 heteroatoms. The van der Waals surface area contributed by atoms with Gasteiger partial charge in [-0.2, -0.15) is 0 Å². The minimum absolute atomic E-state index is 0.0302. The van der Waals surface area contributed by atoms with Crippen LogP contribution in [0.25, 0.3) is 0 Å². The molecular weight excluding hydrogens is 951 g/mol. The van der Waals surface area contributed by atoms with E-state index in [1.807, 2.05) is 27.7 Å². The van der Waals surface area contributed by atoms with E-state index in [0.29, 0.717) is 38.5 Å². The van der Waals surface area contributed by atoms with Crippen molar-refractivity contribution in [1.29, 1.82) is 0 Å². The average Bonchev–Trinajstić information content (AvgIpc) is 3.30. The van der Waals surface area contributed by atoms with Crippen molar-refractivity contribution in [3.8, 4) is 0 Å². The summed E-state index contributed by atoms with van der Waals surface area (Å²) in [7, 11) is 1.62. The van der Waals surface area contributed by atoms with Crippen LogP contribution in [0.3, 0.4) is 0 Å². The van der Waals surface area contributed by atoms with Crippen LogP contribution in [-0.4, -0.2) is 139 Å². The lowest BCUT2D eigenvalue weighted by Gasteiger charge is -2.47. The Balaban J connectivity index is 1.91. The van der Waals surface area contributed by atoms with Gasteiger partial charge in [-0.05, 0) is 132 Å². The monoisotopic (exact) mass is 1050 g/mol. The quantitative estimate of drug-likeness (QED) is 0.0900. The lowest BCUT2D eigenvalue weighted by Crippen LogP contribution is -2.65. The number of rotatable bonds is 11. The zero-order valence-corrected chi connectivity index (χ0v) is 50.3. The lowest BCUT2D eigenvalue weighted by molar-refractivity contribution is -0.303. The van der Waals surface area contributed by atoms with Crippen LogP contribution in [0.1, 0.15) is 154 Å². The third-order valence-corrected chi connectivity index (χ3v) is 26.7. The number of hydrogen-bond acceptors (Lipinski definition) is 13. The molecule has 2 bridgehead atoms. The number of aliphatic hydroxyl groups is 1. The summed E-state index contributed by atoms with van der Waals surface area (Å²) in [5.74, 6) is -7.21. The van der Waals surface area contributed by atoms with Gasteiger partial charge in [0, 0.05) is 52.6 Å². The number of carbonyl (C=O) groups excluding carboxylic acids is 4. The summed E-state index contributed by atoms with van der Waals surface area (Å²) in [4.78, 5) is 60.9. The first kappa shape index (κ1) is 62.4. The second-order valence-electron chi connectivity index (χ2n) is 25.2. The van der Waals surface area contributed by atoms with Gasteiger partial charge in [0.05, 0.1) is 30.5 Å².